The molecule has 7 heteroatoms. The van der Waals surface area contributed by atoms with Crippen molar-refractivity contribution >= 4 is 29.1 Å². The summed E-state index contributed by atoms with van der Waals surface area (Å²) in [5.41, 5.74) is 1.63. The van der Waals surface area contributed by atoms with Crippen molar-refractivity contribution in [2.75, 3.05) is 58.7 Å². The average Bonchev–Trinajstić information content (AvgIpc) is 2.77. The van der Waals surface area contributed by atoms with Crippen molar-refractivity contribution in [2.24, 2.45) is 0 Å². The number of nitrogens with zero attached hydrogens (tertiary/aromatic N) is 3. The van der Waals surface area contributed by atoms with Gasteiger partial charge in [-0.25, -0.2) is 0 Å². The van der Waals surface area contributed by atoms with Gasteiger partial charge >= 0.3 is 0 Å². The number of hydrogen-bond donors (Lipinski definition) is 1. The second kappa shape index (κ2) is 9.17. The van der Waals surface area contributed by atoms with E-state index in [1.54, 1.807) is 19.0 Å². The summed E-state index contributed by atoms with van der Waals surface area (Å²) in [6, 6.07) is 5.50. The van der Waals surface area contributed by atoms with Crippen LogP contribution in [0.4, 0.5) is 5.69 Å². The molecule has 0 atom stereocenters. The minimum Gasteiger partial charge on any atom is -0.348 e. The van der Waals surface area contributed by atoms with Gasteiger partial charge in [0.25, 0.3) is 0 Å². The Labute approximate surface area is 154 Å². The molecule has 0 aromatic heterocycles. The minimum atomic E-state index is -0.0387. The van der Waals surface area contributed by atoms with Crippen LogP contribution >= 0.6 is 11.6 Å². The van der Waals surface area contributed by atoms with E-state index in [1.807, 2.05) is 25.1 Å². The van der Waals surface area contributed by atoms with Gasteiger partial charge in [0.05, 0.1) is 13.1 Å². The molecule has 2 amide bonds. The molecule has 0 spiro atoms. The van der Waals surface area contributed by atoms with Crippen molar-refractivity contribution in [2.45, 2.75) is 13.3 Å². The highest BCUT2D eigenvalue weighted by Crippen LogP contribution is 2.22. The van der Waals surface area contributed by atoms with Gasteiger partial charge in [0, 0.05) is 37.9 Å². The predicted molar refractivity (Wildman–Crippen MR) is 101 cm³/mol. The van der Waals surface area contributed by atoms with Gasteiger partial charge in [-0.1, -0.05) is 17.7 Å². The third-order valence-electron chi connectivity index (χ3n) is 4.45. The number of likely N-dealkylation sites (N-methyl/N-ethyl adjacent to an activating group) is 1. The van der Waals surface area contributed by atoms with Crippen molar-refractivity contribution in [3.8, 4) is 0 Å². The number of hydrogen-bond acceptors (Lipinski definition) is 4. The van der Waals surface area contributed by atoms with E-state index in [1.165, 1.54) is 0 Å². The number of amides is 2. The van der Waals surface area contributed by atoms with E-state index in [-0.39, 0.29) is 11.8 Å². The first kappa shape index (κ1) is 19.7. The van der Waals surface area contributed by atoms with E-state index in [0.29, 0.717) is 18.1 Å². The fourth-order valence-electron chi connectivity index (χ4n) is 2.81. The van der Waals surface area contributed by atoms with Crippen molar-refractivity contribution in [1.82, 2.24) is 14.7 Å². The maximum absolute atomic E-state index is 12.3. The Bertz CT molecular complexity index is 621. The van der Waals surface area contributed by atoms with Gasteiger partial charge in [0.15, 0.2) is 0 Å². The van der Waals surface area contributed by atoms with Gasteiger partial charge in [-0.3, -0.25) is 19.4 Å². The molecule has 1 aromatic rings. The molecule has 1 saturated heterocycles. The third kappa shape index (κ3) is 5.99. The summed E-state index contributed by atoms with van der Waals surface area (Å²) < 4.78 is 0. The third-order valence-corrected chi connectivity index (χ3v) is 4.86. The standard InChI is InChI=1S/C18H27ClN4O2/c1-14-15(19)6-4-7-16(14)20-17(24)12-22-8-5-9-23(11-10-22)13-18(25)21(2)3/h4,6-7H,5,8-13H2,1-3H3,(H,20,24). The Kier molecular flexibility index (Phi) is 7.23. The molecular weight excluding hydrogens is 340 g/mol. The highest BCUT2D eigenvalue weighted by Gasteiger charge is 2.19. The van der Waals surface area contributed by atoms with Crippen molar-refractivity contribution in [3.05, 3.63) is 28.8 Å². The Morgan fingerprint density at radius 2 is 1.76 bits per heavy atom. The fraction of sp³-hybridized carbons (Fsp3) is 0.556. The molecule has 0 saturated carbocycles. The van der Waals surface area contributed by atoms with Crippen molar-refractivity contribution < 1.29 is 9.59 Å². The van der Waals surface area contributed by atoms with Crippen LogP contribution in [0.15, 0.2) is 18.2 Å². The lowest BCUT2D eigenvalue weighted by Crippen LogP contribution is -2.39. The average molecular weight is 367 g/mol. The van der Waals surface area contributed by atoms with Crippen LogP contribution in [0.1, 0.15) is 12.0 Å². The molecule has 1 aliphatic heterocycles. The molecule has 1 heterocycles. The number of benzene rings is 1. The number of carbonyl (C=O) groups excluding carboxylic acids is 2. The Hall–Kier alpha value is -1.63. The first-order chi connectivity index (χ1) is 11.9. The number of rotatable bonds is 5. The molecular formula is C18H27ClN4O2. The summed E-state index contributed by atoms with van der Waals surface area (Å²) >= 11 is 6.09. The van der Waals surface area contributed by atoms with Crippen molar-refractivity contribution in [1.29, 1.82) is 0 Å². The Morgan fingerprint density at radius 1 is 1.12 bits per heavy atom. The summed E-state index contributed by atoms with van der Waals surface area (Å²) in [7, 11) is 3.54. The van der Waals surface area contributed by atoms with E-state index in [2.05, 4.69) is 15.1 Å². The first-order valence-electron chi connectivity index (χ1n) is 8.56. The highest BCUT2D eigenvalue weighted by atomic mass is 35.5. The zero-order valence-corrected chi connectivity index (χ0v) is 16.0. The van der Waals surface area contributed by atoms with Gasteiger partial charge < -0.3 is 10.2 Å². The van der Waals surface area contributed by atoms with E-state index >= 15 is 0 Å². The van der Waals surface area contributed by atoms with Crippen LogP contribution in [0.3, 0.4) is 0 Å². The fourth-order valence-corrected chi connectivity index (χ4v) is 2.98. The van der Waals surface area contributed by atoms with Crippen LogP contribution in [-0.4, -0.2) is 79.9 Å². The van der Waals surface area contributed by atoms with E-state index in [0.717, 1.165) is 43.9 Å². The topological polar surface area (TPSA) is 55.9 Å². The van der Waals surface area contributed by atoms with E-state index in [4.69, 9.17) is 11.6 Å². The summed E-state index contributed by atoms with van der Waals surface area (Å²) in [6.45, 7) is 5.99. The van der Waals surface area contributed by atoms with Crippen LogP contribution in [0.5, 0.6) is 0 Å². The smallest absolute Gasteiger partial charge is 0.238 e. The largest absolute Gasteiger partial charge is 0.348 e. The molecule has 1 aromatic carbocycles. The molecule has 25 heavy (non-hydrogen) atoms. The number of carbonyl (C=O) groups is 2. The predicted octanol–water partition coefficient (Wildman–Crippen LogP) is 1.68. The maximum Gasteiger partial charge on any atom is 0.238 e. The van der Waals surface area contributed by atoms with Gasteiger partial charge in [-0.05, 0) is 44.1 Å². The maximum atomic E-state index is 12.3. The molecule has 0 bridgehead atoms. The lowest BCUT2D eigenvalue weighted by Gasteiger charge is -2.22. The van der Waals surface area contributed by atoms with Crippen LogP contribution in [0, 0.1) is 6.92 Å². The van der Waals surface area contributed by atoms with E-state index in [9.17, 15) is 9.59 Å². The lowest BCUT2D eigenvalue weighted by molar-refractivity contribution is -0.129. The number of halogens is 1. The van der Waals surface area contributed by atoms with Crippen LogP contribution < -0.4 is 5.32 Å². The zero-order chi connectivity index (χ0) is 18.4. The van der Waals surface area contributed by atoms with E-state index < -0.39 is 0 Å². The summed E-state index contributed by atoms with van der Waals surface area (Å²) in [4.78, 5) is 30.1. The van der Waals surface area contributed by atoms with Gasteiger partial charge in [0.2, 0.25) is 11.8 Å². The lowest BCUT2D eigenvalue weighted by atomic mass is 10.2. The van der Waals surface area contributed by atoms with Gasteiger partial charge in [-0.2, -0.15) is 0 Å². The Balaban J connectivity index is 1.83. The monoisotopic (exact) mass is 366 g/mol. The highest BCUT2D eigenvalue weighted by molar-refractivity contribution is 6.31. The van der Waals surface area contributed by atoms with Crippen LogP contribution in [-0.2, 0) is 9.59 Å². The summed E-state index contributed by atoms with van der Waals surface area (Å²) in [5.74, 6) is 0.0748. The molecule has 0 unspecified atom stereocenters. The Morgan fingerprint density at radius 3 is 2.40 bits per heavy atom. The van der Waals surface area contributed by atoms with Gasteiger partial charge in [0.1, 0.15) is 0 Å². The molecule has 138 valence electrons. The quantitative estimate of drug-likeness (QED) is 0.861. The molecule has 1 N–H and O–H groups in total. The van der Waals surface area contributed by atoms with Crippen LogP contribution in [0.2, 0.25) is 5.02 Å². The second-order valence-electron chi connectivity index (χ2n) is 6.65. The van der Waals surface area contributed by atoms with Crippen LogP contribution in [0.25, 0.3) is 0 Å². The summed E-state index contributed by atoms with van der Waals surface area (Å²) in [6.07, 6.45) is 0.949. The minimum absolute atomic E-state index is 0.0387. The molecule has 6 nitrogen and oxygen atoms in total. The second-order valence-corrected chi connectivity index (χ2v) is 7.06. The first-order valence-corrected chi connectivity index (χ1v) is 8.94. The summed E-state index contributed by atoms with van der Waals surface area (Å²) in [5, 5.41) is 3.58. The normalized spacial score (nSPS) is 16.3. The molecule has 0 radical (unpaired) electrons. The SMILES string of the molecule is Cc1c(Cl)cccc1NC(=O)CN1CCCN(CC(=O)N(C)C)CC1. The molecule has 1 fully saturated rings. The number of anilines is 1. The molecule has 2 rings (SSSR count). The zero-order valence-electron chi connectivity index (χ0n) is 15.2. The van der Waals surface area contributed by atoms with Gasteiger partial charge in [-0.15, -0.1) is 0 Å². The van der Waals surface area contributed by atoms with Crippen molar-refractivity contribution in [3.63, 3.8) is 0 Å². The molecule has 1 aliphatic rings. The number of nitrogens with one attached hydrogen (secondary N) is 1. The molecule has 0 aliphatic carbocycles.